The van der Waals surface area contributed by atoms with Crippen LogP contribution in [-0.4, -0.2) is 5.78 Å². The van der Waals surface area contributed by atoms with E-state index in [-0.39, 0.29) is 5.78 Å². The molecule has 0 unspecified atom stereocenters. The zero-order valence-electron chi connectivity index (χ0n) is 8.16. The largest absolute Gasteiger partial charge is 0.463 e. The Morgan fingerprint density at radius 1 is 1.27 bits per heavy atom. The third-order valence-corrected chi connectivity index (χ3v) is 2.79. The van der Waals surface area contributed by atoms with Crippen LogP contribution >= 0.6 is 15.9 Å². The lowest BCUT2D eigenvalue weighted by Crippen LogP contribution is -1.94. The number of furan rings is 1. The van der Waals surface area contributed by atoms with Gasteiger partial charge in [-0.1, -0.05) is 24.3 Å². The van der Waals surface area contributed by atoms with Crippen LogP contribution in [0.25, 0.3) is 11.3 Å². The molecule has 0 bridgehead atoms. The fourth-order valence-corrected chi connectivity index (χ4v) is 1.89. The summed E-state index contributed by atoms with van der Waals surface area (Å²) in [6.07, 6.45) is 1.59. The van der Waals surface area contributed by atoms with Crippen LogP contribution in [0.5, 0.6) is 0 Å². The highest BCUT2D eigenvalue weighted by Crippen LogP contribution is 2.31. The minimum atomic E-state index is 0.0360. The van der Waals surface area contributed by atoms with E-state index in [1.807, 2.05) is 24.3 Å². The second kappa shape index (κ2) is 4.03. The maximum absolute atomic E-state index is 11.4. The van der Waals surface area contributed by atoms with Crippen molar-refractivity contribution in [1.29, 1.82) is 0 Å². The number of hydrogen-bond acceptors (Lipinski definition) is 2. The summed E-state index contributed by atoms with van der Waals surface area (Å²) in [7, 11) is 0. The first kappa shape index (κ1) is 10.2. The maximum Gasteiger partial charge on any atom is 0.160 e. The van der Waals surface area contributed by atoms with Gasteiger partial charge in [-0.15, -0.1) is 0 Å². The minimum absolute atomic E-state index is 0.0360. The molecule has 1 heterocycles. The van der Waals surface area contributed by atoms with Crippen molar-refractivity contribution in [3.8, 4) is 11.3 Å². The minimum Gasteiger partial charge on any atom is -0.463 e. The molecule has 0 aliphatic heterocycles. The molecule has 0 radical (unpaired) electrons. The molecule has 2 aromatic rings. The lowest BCUT2D eigenvalue weighted by molar-refractivity contribution is 0.101. The summed E-state index contributed by atoms with van der Waals surface area (Å²) < 4.78 is 6.20. The van der Waals surface area contributed by atoms with E-state index >= 15 is 0 Å². The molecule has 76 valence electrons. The van der Waals surface area contributed by atoms with Gasteiger partial charge in [0.25, 0.3) is 0 Å². The summed E-state index contributed by atoms with van der Waals surface area (Å²) >= 11 is 3.38. The molecular weight excluding hydrogens is 256 g/mol. The number of rotatable bonds is 2. The van der Waals surface area contributed by atoms with Gasteiger partial charge < -0.3 is 4.42 Å². The number of benzene rings is 1. The van der Waals surface area contributed by atoms with Gasteiger partial charge in [-0.3, -0.25) is 4.79 Å². The molecule has 1 aromatic heterocycles. The number of carbonyl (C=O) groups is 1. The normalized spacial score (nSPS) is 10.3. The molecule has 2 nitrogen and oxygen atoms in total. The second-order valence-corrected chi connectivity index (χ2v) is 4.05. The standard InChI is InChI=1S/C12H9BrO2/c1-8(14)9-4-2-3-5-10(9)12-11(13)6-7-15-12/h2-7H,1H3. The molecule has 0 saturated heterocycles. The molecular formula is C12H9BrO2. The van der Waals surface area contributed by atoms with E-state index in [0.717, 1.165) is 10.0 Å². The fourth-order valence-electron chi connectivity index (χ4n) is 1.47. The molecule has 3 heteroatoms. The van der Waals surface area contributed by atoms with Gasteiger partial charge in [-0.05, 0) is 28.9 Å². The zero-order chi connectivity index (χ0) is 10.8. The van der Waals surface area contributed by atoms with Gasteiger partial charge in [-0.2, -0.15) is 0 Å². The zero-order valence-corrected chi connectivity index (χ0v) is 9.74. The van der Waals surface area contributed by atoms with E-state index in [4.69, 9.17) is 4.42 Å². The topological polar surface area (TPSA) is 30.2 Å². The highest BCUT2D eigenvalue weighted by atomic mass is 79.9. The number of halogens is 1. The Bertz CT molecular complexity index is 500. The average molecular weight is 265 g/mol. The Hall–Kier alpha value is -1.35. The van der Waals surface area contributed by atoms with E-state index in [1.165, 1.54) is 0 Å². The summed E-state index contributed by atoms with van der Waals surface area (Å²) in [4.78, 5) is 11.4. The molecule has 0 spiro atoms. The molecule has 1 aromatic carbocycles. The van der Waals surface area contributed by atoms with E-state index in [1.54, 1.807) is 19.3 Å². The van der Waals surface area contributed by atoms with E-state index < -0.39 is 0 Å². The first-order valence-corrected chi connectivity index (χ1v) is 5.33. The lowest BCUT2D eigenvalue weighted by atomic mass is 10.0. The quantitative estimate of drug-likeness (QED) is 0.770. The van der Waals surface area contributed by atoms with Crippen LogP contribution in [0.3, 0.4) is 0 Å². The highest BCUT2D eigenvalue weighted by molar-refractivity contribution is 9.10. The lowest BCUT2D eigenvalue weighted by Gasteiger charge is -2.03. The van der Waals surface area contributed by atoms with Crippen molar-refractivity contribution in [3.63, 3.8) is 0 Å². The summed E-state index contributed by atoms with van der Waals surface area (Å²) in [5.74, 6) is 0.731. The molecule has 15 heavy (non-hydrogen) atoms. The van der Waals surface area contributed by atoms with Gasteiger partial charge in [0.15, 0.2) is 5.78 Å². The van der Waals surface area contributed by atoms with Crippen LogP contribution < -0.4 is 0 Å². The predicted octanol–water partition coefficient (Wildman–Crippen LogP) is 3.91. The van der Waals surface area contributed by atoms with Gasteiger partial charge in [0.2, 0.25) is 0 Å². The van der Waals surface area contributed by atoms with Gasteiger partial charge in [0, 0.05) is 11.1 Å². The summed E-state index contributed by atoms with van der Waals surface area (Å²) in [6.45, 7) is 1.55. The Morgan fingerprint density at radius 3 is 2.60 bits per heavy atom. The van der Waals surface area contributed by atoms with Crippen molar-refractivity contribution in [2.45, 2.75) is 6.92 Å². The summed E-state index contributed by atoms with van der Waals surface area (Å²) in [5, 5.41) is 0. The summed E-state index contributed by atoms with van der Waals surface area (Å²) in [5.41, 5.74) is 1.50. The molecule has 0 amide bonds. The smallest absolute Gasteiger partial charge is 0.160 e. The summed E-state index contributed by atoms with van der Waals surface area (Å²) in [6, 6.07) is 9.22. The van der Waals surface area contributed by atoms with Crippen LogP contribution in [-0.2, 0) is 0 Å². The third-order valence-electron chi connectivity index (χ3n) is 2.17. The first-order chi connectivity index (χ1) is 7.20. The fraction of sp³-hybridized carbons (Fsp3) is 0.0833. The molecule has 2 rings (SSSR count). The highest BCUT2D eigenvalue weighted by Gasteiger charge is 2.13. The molecule has 0 atom stereocenters. The van der Waals surface area contributed by atoms with Crippen molar-refractivity contribution in [3.05, 3.63) is 46.6 Å². The number of carbonyl (C=O) groups excluding carboxylic acids is 1. The molecule has 0 saturated carbocycles. The number of Topliss-reactive ketones (excluding diaryl/α,β-unsaturated/α-hetero) is 1. The van der Waals surface area contributed by atoms with Gasteiger partial charge in [0.1, 0.15) is 5.76 Å². The number of ketones is 1. The average Bonchev–Trinajstić information content (AvgIpc) is 2.64. The molecule has 0 fully saturated rings. The number of hydrogen-bond donors (Lipinski definition) is 0. The molecule has 0 aliphatic carbocycles. The Kier molecular flexibility index (Phi) is 2.73. The first-order valence-electron chi connectivity index (χ1n) is 4.53. The van der Waals surface area contributed by atoms with E-state index in [2.05, 4.69) is 15.9 Å². The Labute approximate surface area is 96.0 Å². The van der Waals surface area contributed by atoms with Crippen molar-refractivity contribution in [1.82, 2.24) is 0 Å². The monoisotopic (exact) mass is 264 g/mol. The third kappa shape index (κ3) is 1.88. The molecule has 0 aliphatic rings. The van der Waals surface area contributed by atoms with Crippen molar-refractivity contribution < 1.29 is 9.21 Å². The van der Waals surface area contributed by atoms with E-state index in [0.29, 0.717) is 11.3 Å². The Balaban J connectivity index is 2.63. The van der Waals surface area contributed by atoms with Crippen LogP contribution in [0.1, 0.15) is 17.3 Å². The van der Waals surface area contributed by atoms with Crippen LogP contribution in [0.15, 0.2) is 45.5 Å². The van der Waals surface area contributed by atoms with Crippen LogP contribution in [0, 0.1) is 0 Å². The van der Waals surface area contributed by atoms with Crippen molar-refractivity contribution in [2.75, 3.05) is 0 Å². The second-order valence-electron chi connectivity index (χ2n) is 3.20. The van der Waals surface area contributed by atoms with Crippen molar-refractivity contribution >= 4 is 21.7 Å². The van der Waals surface area contributed by atoms with Crippen LogP contribution in [0.4, 0.5) is 0 Å². The predicted molar refractivity (Wildman–Crippen MR) is 61.8 cm³/mol. The van der Waals surface area contributed by atoms with Gasteiger partial charge in [-0.25, -0.2) is 0 Å². The SMILES string of the molecule is CC(=O)c1ccccc1-c1occc1Br. The maximum atomic E-state index is 11.4. The van der Waals surface area contributed by atoms with Crippen LogP contribution in [0.2, 0.25) is 0 Å². The van der Waals surface area contributed by atoms with Crippen molar-refractivity contribution in [2.24, 2.45) is 0 Å². The Morgan fingerprint density at radius 2 is 2.00 bits per heavy atom. The van der Waals surface area contributed by atoms with Gasteiger partial charge in [0.05, 0.1) is 10.7 Å². The van der Waals surface area contributed by atoms with E-state index in [9.17, 15) is 4.79 Å². The van der Waals surface area contributed by atoms with Gasteiger partial charge >= 0.3 is 0 Å². The molecule has 0 N–H and O–H groups in total.